The van der Waals surface area contributed by atoms with Crippen molar-refractivity contribution >= 4 is 11.8 Å². The maximum atomic E-state index is 12.8. The average Bonchev–Trinajstić information content (AvgIpc) is 2.43. The van der Waals surface area contributed by atoms with Crippen LogP contribution < -0.4 is 10.6 Å². The molecule has 0 aliphatic heterocycles. The lowest BCUT2D eigenvalue weighted by Crippen LogP contribution is -2.50. The van der Waals surface area contributed by atoms with E-state index in [-0.39, 0.29) is 24.3 Å². The second kappa shape index (κ2) is 9.40. The highest BCUT2D eigenvalue weighted by Crippen LogP contribution is 2.43. The fourth-order valence-corrected chi connectivity index (χ4v) is 3.32. The van der Waals surface area contributed by atoms with E-state index in [0.29, 0.717) is 25.3 Å². The Morgan fingerprint density at radius 1 is 1.00 bits per heavy atom. The third-order valence-electron chi connectivity index (χ3n) is 4.85. The van der Waals surface area contributed by atoms with Gasteiger partial charge in [0.15, 0.2) is 0 Å². The molecule has 5 heteroatoms. The van der Waals surface area contributed by atoms with Crippen LogP contribution in [0.3, 0.4) is 0 Å². The molecule has 0 heterocycles. The van der Waals surface area contributed by atoms with Crippen molar-refractivity contribution in [3.05, 3.63) is 0 Å². The van der Waals surface area contributed by atoms with Crippen LogP contribution in [0.1, 0.15) is 68.2 Å². The number of amides is 2. The first-order valence-electron chi connectivity index (χ1n) is 9.13. The number of carbonyl (C=O) groups excluding carboxylic acids is 2. The predicted octanol–water partition coefficient (Wildman–Crippen LogP) is 2.72. The van der Waals surface area contributed by atoms with E-state index in [2.05, 4.69) is 24.5 Å². The molecule has 0 fully saturated rings. The van der Waals surface area contributed by atoms with E-state index in [1.807, 2.05) is 34.6 Å². The lowest BCUT2D eigenvalue weighted by molar-refractivity contribution is -0.140. The normalized spacial score (nSPS) is 18.0. The number of aliphatic hydroxyl groups excluding tert-OH is 1. The maximum absolute atomic E-state index is 12.8. The number of carbonyl (C=O) groups is 2. The van der Waals surface area contributed by atoms with Gasteiger partial charge in [-0.2, -0.15) is 0 Å². The molecule has 142 valence electrons. The van der Waals surface area contributed by atoms with E-state index in [0.717, 1.165) is 0 Å². The standard InChI is InChI=1S/C19H38N2O3/c1-9-20-17(24)19(8,14(4)5)12-18(7,10-13(2)3)16(23)21-11-15(6)22/h13-15,22H,9-12H2,1-8H3,(H,20,24)(H,21,23). The van der Waals surface area contributed by atoms with Gasteiger partial charge in [0.2, 0.25) is 11.8 Å². The van der Waals surface area contributed by atoms with Gasteiger partial charge in [-0.15, -0.1) is 0 Å². The molecular formula is C19H38N2O3. The minimum Gasteiger partial charge on any atom is -0.392 e. The Labute approximate surface area is 148 Å². The van der Waals surface area contributed by atoms with E-state index >= 15 is 0 Å². The van der Waals surface area contributed by atoms with Gasteiger partial charge in [0.05, 0.1) is 6.10 Å². The van der Waals surface area contributed by atoms with Gasteiger partial charge in [0, 0.05) is 23.9 Å². The Balaban J connectivity index is 5.55. The van der Waals surface area contributed by atoms with Gasteiger partial charge >= 0.3 is 0 Å². The zero-order valence-corrected chi connectivity index (χ0v) is 16.8. The Bertz CT molecular complexity index is 421. The van der Waals surface area contributed by atoms with Crippen LogP contribution in [0.15, 0.2) is 0 Å². The zero-order chi connectivity index (χ0) is 19.1. The van der Waals surface area contributed by atoms with E-state index < -0.39 is 16.9 Å². The number of aliphatic hydroxyl groups is 1. The molecule has 0 radical (unpaired) electrons. The molecule has 0 aliphatic rings. The summed E-state index contributed by atoms with van der Waals surface area (Å²) in [5, 5.41) is 15.2. The van der Waals surface area contributed by atoms with Crippen LogP contribution in [0.25, 0.3) is 0 Å². The van der Waals surface area contributed by atoms with Gasteiger partial charge in [0.1, 0.15) is 0 Å². The zero-order valence-electron chi connectivity index (χ0n) is 16.8. The lowest BCUT2D eigenvalue weighted by Gasteiger charge is -2.41. The van der Waals surface area contributed by atoms with Crippen molar-refractivity contribution in [2.75, 3.05) is 13.1 Å². The number of hydrogen-bond donors (Lipinski definition) is 3. The molecule has 0 aromatic carbocycles. The molecule has 0 saturated heterocycles. The Morgan fingerprint density at radius 3 is 1.92 bits per heavy atom. The van der Waals surface area contributed by atoms with Gasteiger partial charge in [-0.05, 0) is 38.5 Å². The molecule has 0 aliphatic carbocycles. The van der Waals surface area contributed by atoms with Gasteiger partial charge in [0.25, 0.3) is 0 Å². The van der Waals surface area contributed by atoms with Gasteiger partial charge < -0.3 is 15.7 Å². The van der Waals surface area contributed by atoms with Gasteiger partial charge in [-0.1, -0.05) is 41.5 Å². The third-order valence-corrected chi connectivity index (χ3v) is 4.85. The molecule has 5 nitrogen and oxygen atoms in total. The number of hydrogen-bond acceptors (Lipinski definition) is 3. The molecule has 0 rings (SSSR count). The molecule has 3 unspecified atom stereocenters. The second-order valence-corrected chi connectivity index (χ2v) is 8.33. The molecule has 0 bridgehead atoms. The smallest absolute Gasteiger partial charge is 0.226 e. The fourth-order valence-electron chi connectivity index (χ4n) is 3.32. The molecule has 24 heavy (non-hydrogen) atoms. The van der Waals surface area contributed by atoms with Crippen molar-refractivity contribution in [1.82, 2.24) is 10.6 Å². The summed E-state index contributed by atoms with van der Waals surface area (Å²) >= 11 is 0. The van der Waals surface area contributed by atoms with Crippen molar-refractivity contribution in [2.24, 2.45) is 22.7 Å². The summed E-state index contributed by atoms with van der Waals surface area (Å²) in [5.41, 5.74) is -1.28. The second-order valence-electron chi connectivity index (χ2n) is 8.33. The first-order chi connectivity index (χ1) is 10.9. The minimum absolute atomic E-state index is 0.00157. The highest BCUT2D eigenvalue weighted by Gasteiger charge is 2.46. The van der Waals surface area contributed by atoms with Crippen molar-refractivity contribution in [2.45, 2.75) is 74.3 Å². The van der Waals surface area contributed by atoms with Crippen LogP contribution in [-0.2, 0) is 9.59 Å². The first-order valence-corrected chi connectivity index (χ1v) is 9.13. The van der Waals surface area contributed by atoms with Gasteiger partial charge in [-0.25, -0.2) is 0 Å². The van der Waals surface area contributed by atoms with Crippen LogP contribution in [0.5, 0.6) is 0 Å². The Hall–Kier alpha value is -1.10. The SMILES string of the molecule is CCNC(=O)C(C)(CC(C)(CC(C)C)C(=O)NCC(C)O)C(C)C. The first kappa shape index (κ1) is 22.9. The molecule has 0 aromatic heterocycles. The van der Waals surface area contributed by atoms with E-state index in [1.54, 1.807) is 6.92 Å². The van der Waals surface area contributed by atoms with Crippen molar-refractivity contribution in [3.8, 4) is 0 Å². The van der Waals surface area contributed by atoms with E-state index in [9.17, 15) is 14.7 Å². The highest BCUT2D eigenvalue weighted by atomic mass is 16.3. The summed E-state index contributed by atoms with van der Waals surface area (Å²) in [5.74, 6) is 0.352. The molecule has 0 spiro atoms. The average molecular weight is 343 g/mol. The van der Waals surface area contributed by atoms with Crippen LogP contribution in [0, 0.1) is 22.7 Å². The molecule has 2 amide bonds. The van der Waals surface area contributed by atoms with Gasteiger partial charge in [-0.3, -0.25) is 9.59 Å². The number of nitrogens with one attached hydrogen (secondary N) is 2. The summed E-state index contributed by atoms with van der Waals surface area (Å²) in [6.45, 7) is 16.5. The Morgan fingerprint density at radius 2 is 1.54 bits per heavy atom. The van der Waals surface area contributed by atoms with Crippen LogP contribution in [0.4, 0.5) is 0 Å². The van der Waals surface area contributed by atoms with Crippen molar-refractivity contribution < 1.29 is 14.7 Å². The molecule has 0 saturated carbocycles. The largest absolute Gasteiger partial charge is 0.392 e. The van der Waals surface area contributed by atoms with Crippen LogP contribution >= 0.6 is 0 Å². The predicted molar refractivity (Wildman–Crippen MR) is 98.5 cm³/mol. The molecule has 0 aromatic rings. The topological polar surface area (TPSA) is 78.4 Å². The summed E-state index contributed by atoms with van der Waals surface area (Å²) in [6.07, 6.45) is 0.588. The summed E-state index contributed by atoms with van der Waals surface area (Å²) in [7, 11) is 0. The van der Waals surface area contributed by atoms with Crippen molar-refractivity contribution in [3.63, 3.8) is 0 Å². The maximum Gasteiger partial charge on any atom is 0.226 e. The molecule has 3 N–H and O–H groups in total. The minimum atomic E-state index is -0.660. The quantitative estimate of drug-likeness (QED) is 0.571. The molecule has 3 atom stereocenters. The Kier molecular flexibility index (Phi) is 8.97. The van der Waals surface area contributed by atoms with Crippen LogP contribution in [0.2, 0.25) is 0 Å². The highest BCUT2D eigenvalue weighted by molar-refractivity contribution is 5.86. The number of rotatable bonds is 10. The lowest BCUT2D eigenvalue weighted by atomic mass is 9.64. The van der Waals surface area contributed by atoms with Crippen LogP contribution in [-0.4, -0.2) is 36.1 Å². The van der Waals surface area contributed by atoms with E-state index in [1.165, 1.54) is 0 Å². The van der Waals surface area contributed by atoms with Crippen molar-refractivity contribution in [1.29, 1.82) is 0 Å². The fraction of sp³-hybridized carbons (Fsp3) is 0.895. The third kappa shape index (κ3) is 6.42. The summed E-state index contributed by atoms with van der Waals surface area (Å²) in [4.78, 5) is 25.5. The summed E-state index contributed by atoms with van der Waals surface area (Å²) < 4.78 is 0. The monoisotopic (exact) mass is 342 g/mol. The van der Waals surface area contributed by atoms with E-state index in [4.69, 9.17) is 0 Å². The molecular weight excluding hydrogens is 304 g/mol. The summed E-state index contributed by atoms with van der Waals surface area (Å²) in [6, 6.07) is 0.